The van der Waals surface area contributed by atoms with Crippen LogP contribution in [0.15, 0.2) is 16.8 Å². The Morgan fingerprint density at radius 2 is 1.97 bits per heavy atom. The summed E-state index contributed by atoms with van der Waals surface area (Å²) in [4.78, 5) is 25.2. The molecule has 200 valence electrons. The quantitative estimate of drug-likeness (QED) is 0.475. The zero-order valence-electron chi connectivity index (χ0n) is 22.2. The number of hydrogen-bond acceptors (Lipinski definition) is 9. The smallest absolute Gasteiger partial charge is 0.219 e. The summed E-state index contributed by atoms with van der Waals surface area (Å²) < 4.78 is 14.1. The van der Waals surface area contributed by atoms with Crippen molar-refractivity contribution in [3.63, 3.8) is 0 Å². The molecule has 38 heavy (non-hydrogen) atoms. The second-order valence-electron chi connectivity index (χ2n) is 11.7. The van der Waals surface area contributed by atoms with Crippen LogP contribution in [-0.2, 0) is 16.6 Å². The molecule has 4 aliphatic rings. The predicted octanol–water partition coefficient (Wildman–Crippen LogP) is 4.17. The van der Waals surface area contributed by atoms with E-state index in [4.69, 9.17) is 19.2 Å². The molecular weight excluding hydrogens is 482 g/mol. The van der Waals surface area contributed by atoms with Crippen LogP contribution in [0, 0.1) is 0 Å². The molecule has 2 saturated carbocycles. The summed E-state index contributed by atoms with van der Waals surface area (Å²) in [6.45, 7) is 3.18. The van der Waals surface area contributed by atoms with Gasteiger partial charge < -0.3 is 9.26 Å². The van der Waals surface area contributed by atoms with Gasteiger partial charge in [-0.2, -0.15) is 4.98 Å². The van der Waals surface area contributed by atoms with Crippen LogP contribution in [0.3, 0.4) is 0 Å². The highest BCUT2D eigenvalue weighted by molar-refractivity contribution is 5.91. The average molecular weight is 518 g/mol. The fourth-order valence-corrected chi connectivity index (χ4v) is 6.82. The van der Waals surface area contributed by atoms with Gasteiger partial charge in [-0.3, -0.25) is 9.69 Å². The Hall–Kier alpha value is -3.14. The standard InChI is InChI=1S/C28H35N7O3/c1-17(21-8-6-14-34(21)2)37-24-15-23(35-16-20(31-33-35)18-10-11-18)29-27(30-24)25-19-7-5-13-28(26(19)38-32-25)12-4-3-9-22(28)36/h15-18,21H,3-14H2,1-2H3/t17-,21-,28+/m0/s1. The summed E-state index contributed by atoms with van der Waals surface area (Å²) in [7, 11) is 2.15. The van der Waals surface area contributed by atoms with E-state index < -0.39 is 5.41 Å². The lowest BCUT2D eigenvalue weighted by Crippen LogP contribution is -2.41. The Balaban J connectivity index is 1.29. The maximum absolute atomic E-state index is 13.1. The topological polar surface area (TPSA) is 112 Å². The van der Waals surface area contributed by atoms with E-state index in [1.807, 2.05) is 12.3 Å². The van der Waals surface area contributed by atoms with Crippen molar-refractivity contribution in [2.75, 3.05) is 13.6 Å². The average Bonchev–Trinajstić information content (AvgIpc) is 3.28. The third-order valence-electron chi connectivity index (χ3n) is 9.11. The largest absolute Gasteiger partial charge is 0.473 e. The molecule has 0 N–H and O–H groups in total. The number of fused-ring (bicyclic) bond motifs is 2. The molecule has 0 bridgehead atoms. The van der Waals surface area contributed by atoms with Crippen molar-refractivity contribution in [2.45, 2.75) is 101 Å². The molecule has 10 heteroatoms. The Kier molecular flexibility index (Phi) is 5.83. The molecule has 0 aromatic carbocycles. The molecule has 1 aliphatic heterocycles. The first-order valence-corrected chi connectivity index (χ1v) is 14.2. The van der Waals surface area contributed by atoms with Crippen molar-refractivity contribution in [3.05, 3.63) is 29.3 Å². The van der Waals surface area contributed by atoms with Crippen LogP contribution in [0.2, 0.25) is 0 Å². The highest BCUT2D eigenvalue weighted by atomic mass is 16.5. The van der Waals surface area contributed by atoms with E-state index >= 15 is 0 Å². The van der Waals surface area contributed by atoms with Gasteiger partial charge >= 0.3 is 0 Å². The second-order valence-corrected chi connectivity index (χ2v) is 11.7. The minimum Gasteiger partial charge on any atom is -0.473 e. The number of Topliss-reactive ketones (excluding diaryl/α,β-unsaturated/α-hetero) is 1. The van der Waals surface area contributed by atoms with Gasteiger partial charge in [0.1, 0.15) is 11.9 Å². The van der Waals surface area contributed by atoms with E-state index in [0.29, 0.717) is 41.6 Å². The van der Waals surface area contributed by atoms with E-state index in [2.05, 4.69) is 34.3 Å². The molecular formula is C28H35N7O3. The Labute approximate surface area is 222 Å². The van der Waals surface area contributed by atoms with Crippen molar-refractivity contribution in [1.82, 2.24) is 35.0 Å². The van der Waals surface area contributed by atoms with Crippen LogP contribution in [0.4, 0.5) is 0 Å². The van der Waals surface area contributed by atoms with Crippen molar-refractivity contribution < 1.29 is 14.1 Å². The Morgan fingerprint density at radius 1 is 1.11 bits per heavy atom. The highest BCUT2D eigenvalue weighted by Crippen LogP contribution is 2.47. The molecule has 3 aliphatic carbocycles. The lowest BCUT2D eigenvalue weighted by atomic mass is 9.64. The van der Waals surface area contributed by atoms with Crippen LogP contribution in [0.5, 0.6) is 5.88 Å². The van der Waals surface area contributed by atoms with E-state index in [-0.39, 0.29) is 11.9 Å². The normalized spacial score (nSPS) is 26.6. The Morgan fingerprint density at radius 3 is 2.76 bits per heavy atom. The zero-order valence-corrected chi connectivity index (χ0v) is 22.2. The molecule has 3 aromatic rings. The van der Waals surface area contributed by atoms with Gasteiger partial charge in [0.05, 0.1) is 17.3 Å². The van der Waals surface area contributed by atoms with Gasteiger partial charge in [-0.25, -0.2) is 9.67 Å². The molecule has 4 heterocycles. The van der Waals surface area contributed by atoms with E-state index in [1.165, 1.54) is 6.42 Å². The van der Waals surface area contributed by atoms with Gasteiger partial charge in [0.2, 0.25) is 5.88 Å². The molecule has 10 nitrogen and oxygen atoms in total. The summed E-state index contributed by atoms with van der Waals surface area (Å²) in [5.74, 6) is 3.03. The number of ether oxygens (including phenoxy) is 1. The fourth-order valence-electron chi connectivity index (χ4n) is 6.82. The molecule has 0 amide bonds. The van der Waals surface area contributed by atoms with Gasteiger partial charge in [-0.05, 0) is 78.3 Å². The van der Waals surface area contributed by atoms with Crippen LogP contribution >= 0.6 is 0 Å². The maximum Gasteiger partial charge on any atom is 0.219 e. The molecule has 1 saturated heterocycles. The number of ketones is 1. The zero-order chi connectivity index (χ0) is 25.9. The van der Waals surface area contributed by atoms with E-state index in [9.17, 15) is 4.79 Å². The number of carbonyl (C=O) groups excluding carboxylic acids is 1. The lowest BCUT2D eigenvalue weighted by Gasteiger charge is -2.36. The SMILES string of the molecule is C[C@H](Oc1cc(-n2cc(C3CC3)nn2)nc(-c2noc3c2CCC[C@@]32CCCCC2=O)n1)[C@@H]1CCCN1C. The molecule has 0 unspecified atom stereocenters. The van der Waals surface area contributed by atoms with Gasteiger partial charge in [-0.15, -0.1) is 5.10 Å². The van der Waals surface area contributed by atoms with Gasteiger partial charge in [-0.1, -0.05) is 16.8 Å². The molecule has 1 spiro atoms. The molecule has 3 fully saturated rings. The van der Waals surface area contributed by atoms with Crippen LogP contribution < -0.4 is 4.74 Å². The first-order chi connectivity index (χ1) is 18.5. The van der Waals surface area contributed by atoms with Gasteiger partial charge in [0.15, 0.2) is 23.1 Å². The molecule has 7 rings (SSSR count). The summed E-state index contributed by atoms with van der Waals surface area (Å²) in [5, 5.41) is 13.2. The number of nitrogens with zero attached hydrogens (tertiary/aromatic N) is 7. The first-order valence-electron chi connectivity index (χ1n) is 14.2. The number of aromatic nitrogens is 6. The molecule has 3 atom stereocenters. The molecule has 0 radical (unpaired) electrons. The third-order valence-corrected chi connectivity index (χ3v) is 9.11. The van der Waals surface area contributed by atoms with Crippen LogP contribution in [0.1, 0.15) is 94.1 Å². The van der Waals surface area contributed by atoms with Crippen LogP contribution in [0.25, 0.3) is 17.3 Å². The maximum atomic E-state index is 13.1. The number of likely N-dealkylation sites (tertiary alicyclic amines) is 1. The number of hydrogen-bond donors (Lipinski definition) is 0. The Bertz CT molecular complexity index is 1360. The third kappa shape index (κ3) is 4.04. The summed E-state index contributed by atoms with van der Waals surface area (Å²) >= 11 is 0. The van der Waals surface area contributed by atoms with E-state index in [0.717, 1.165) is 81.3 Å². The summed E-state index contributed by atoms with van der Waals surface area (Å²) in [5.41, 5.74) is 2.03. The number of likely N-dealkylation sites (N-methyl/N-ethyl adjacent to an activating group) is 1. The number of carbonyl (C=O) groups is 1. The monoisotopic (exact) mass is 517 g/mol. The fraction of sp³-hybridized carbons (Fsp3) is 0.643. The lowest BCUT2D eigenvalue weighted by molar-refractivity contribution is -0.128. The van der Waals surface area contributed by atoms with Crippen molar-refractivity contribution in [2.24, 2.45) is 0 Å². The highest BCUT2D eigenvalue weighted by Gasteiger charge is 2.48. The summed E-state index contributed by atoms with van der Waals surface area (Å²) in [6, 6.07) is 2.17. The van der Waals surface area contributed by atoms with Crippen LogP contribution in [-0.4, -0.2) is 66.5 Å². The van der Waals surface area contributed by atoms with Gasteiger partial charge in [0, 0.05) is 30.0 Å². The van der Waals surface area contributed by atoms with Crippen molar-refractivity contribution in [3.8, 4) is 23.2 Å². The summed E-state index contributed by atoms with van der Waals surface area (Å²) in [6.07, 6.45) is 12.5. The van der Waals surface area contributed by atoms with Gasteiger partial charge in [0.25, 0.3) is 0 Å². The van der Waals surface area contributed by atoms with E-state index in [1.54, 1.807) is 4.68 Å². The first kappa shape index (κ1) is 23.9. The number of rotatable bonds is 6. The predicted molar refractivity (Wildman–Crippen MR) is 138 cm³/mol. The molecule has 3 aromatic heterocycles. The minimum absolute atomic E-state index is 0.0368. The minimum atomic E-state index is -0.541. The second kappa shape index (κ2) is 9.25. The van der Waals surface area contributed by atoms with Crippen molar-refractivity contribution in [1.29, 1.82) is 0 Å². The van der Waals surface area contributed by atoms with Crippen molar-refractivity contribution >= 4 is 5.78 Å².